The fourth-order valence-electron chi connectivity index (χ4n) is 5.39. The van der Waals surface area contributed by atoms with Crippen LogP contribution in [0.15, 0.2) is 18.2 Å². The molecule has 0 radical (unpaired) electrons. The van der Waals surface area contributed by atoms with Gasteiger partial charge in [-0.3, -0.25) is 4.90 Å². The van der Waals surface area contributed by atoms with E-state index in [1.165, 1.54) is 51.7 Å². The molecule has 0 amide bonds. The first kappa shape index (κ1) is 25.4. The van der Waals surface area contributed by atoms with Crippen molar-refractivity contribution in [1.29, 1.82) is 0 Å². The Bertz CT molecular complexity index is 951. The molecule has 2 fully saturated rings. The lowest BCUT2D eigenvalue weighted by atomic mass is 10.1. The van der Waals surface area contributed by atoms with E-state index in [0.717, 1.165) is 39.0 Å². The zero-order chi connectivity index (χ0) is 24.6. The molecule has 1 atom stereocenters. The molecule has 0 bridgehead atoms. The Morgan fingerprint density at radius 2 is 1.80 bits per heavy atom. The number of nitrogens with zero attached hydrogens (tertiary/aromatic N) is 5. The predicted molar refractivity (Wildman–Crippen MR) is 139 cm³/mol. The molecule has 1 saturated heterocycles. The highest BCUT2D eigenvalue weighted by Crippen LogP contribution is 2.27. The van der Waals surface area contributed by atoms with Gasteiger partial charge in [0.25, 0.3) is 0 Å². The lowest BCUT2D eigenvalue weighted by molar-refractivity contribution is 0.277. The van der Waals surface area contributed by atoms with Gasteiger partial charge in [-0.05, 0) is 57.8 Å². The van der Waals surface area contributed by atoms with Gasteiger partial charge in [0.2, 0.25) is 17.8 Å². The highest BCUT2D eigenvalue weighted by molar-refractivity contribution is 5.57. The number of rotatable bonds is 10. The summed E-state index contributed by atoms with van der Waals surface area (Å²) in [6.07, 6.45) is 9.78. The number of likely N-dealkylation sites (N-methyl/N-ethyl adjacent to an activating group) is 1. The minimum absolute atomic E-state index is 0.205. The summed E-state index contributed by atoms with van der Waals surface area (Å²) in [5, 5.41) is 6.66. The molecule has 192 valence electrons. The van der Waals surface area contributed by atoms with E-state index < -0.39 is 5.82 Å². The molecular formula is C26H40FN7O. The second-order valence-electron chi connectivity index (χ2n) is 9.49. The summed E-state index contributed by atoms with van der Waals surface area (Å²) >= 11 is 0. The molecular weight excluding hydrogens is 445 g/mol. The van der Waals surface area contributed by atoms with Crippen LogP contribution in [0.2, 0.25) is 0 Å². The van der Waals surface area contributed by atoms with Gasteiger partial charge < -0.3 is 20.3 Å². The number of ether oxygens (including phenoxy) is 1. The van der Waals surface area contributed by atoms with Crippen LogP contribution in [-0.4, -0.2) is 65.2 Å². The number of hydrogen-bond acceptors (Lipinski definition) is 8. The monoisotopic (exact) mass is 485 g/mol. The SMILES string of the molecule is CCN1CCCC1CNc1nc(Nc2ccc(OC)c(F)c2)nc(N(CC)C2CCCCCC2)n1. The molecule has 35 heavy (non-hydrogen) atoms. The average molecular weight is 486 g/mol. The maximum atomic E-state index is 14.3. The molecule has 1 saturated carbocycles. The Hall–Kier alpha value is -2.68. The molecule has 2 N–H and O–H groups in total. The van der Waals surface area contributed by atoms with E-state index in [4.69, 9.17) is 14.7 Å². The molecule has 2 aliphatic rings. The summed E-state index contributed by atoms with van der Waals surface area (Å²) in [6, 6.07) is 5.67. The number of methoxy groups -OCH3 is 1. The summed E-state index contributed by atoms with van der Waals surface area (Å²) in [7, 11) is 1.46. The first-order valence-electron chi connectivity index (χ1n) is 13.2. The topological polar surface area (TPSA) is 78.4 Å². The number of hydrogen-bond donors (Lipinski definition) is 2. The number of halogens is 1. The molecule has 9 heteroatoms. The minimum Gasteiger partial charge on any atom is -0.494 e. The number of nitrogens with one attached hydrogen (secondary N) is 2. The maximum absolute atomic E-state index is 14.3. The number of anilines is 4. The van der Waals surface area contributed by atoms with Crippen molar-refractivity contribution in [3.05, 3.63) is 24.0 Å². The zero-order valence-electron chi connectivity index (χ0n) is 21.4. The lowest BCUT2D eigenvalue weighted by Gasteiger charge is -2.30. The van der Waals surface area contributed by atoms with Gasteiger partial charge >= 0.3 is 0 Å². The minimum atomic E-state index is -0.431. The van der Waals surface area contributed by atoms with Crippen molar-refractivity contribution in [3.8, 4) is 5.75 Å². The van der Waals surface area contributed by atoms with Crippen LogP contribution in [0, 0.1) is 5.82 Å². The Labute approximate surface area is 208 Å². The van der Waals surface area contributed by atoms with Crippen molar-refractivity contribution >= 4 is 23.5 Å². The van der Waals surface area contributed by atoms with Gasteiger partial charge in [-0.25, -0.2) is 4.39 Å². The maximum Gasteiger partial charge on any atom is 0.233 e. The molecule has 2 aromatic rings. The third kappa shape index (κ3) is 6.51. The van der Waals surface area contributed by atoms with Crippen LogP contribution in [0.4, 0.5) is 27.9 Å². The summed E-state index contributed by atoms with van der Waals surface area (Å²) in [6.45, 7) is 8.19. The Morgan fingerprint density at radius 3 is 2.49 bits per heavy atom. The van der Waals surface area contributed by atoms with E-state index in [1.807, 2.05) is 0 Å². The van der Waals surface area contributed by atoms with E-state index in [-0.39, 0.29) is 5.75 Å². The lowest BCUT2D eigenvalue weighted by Crippen LogP contribution is -2.37. The van der Waals surface area contributed by atoms with Crippen molar-refractivity contribution in [2.45, 2.75) is 77.3 Å². The molecule has 1 aromatic carbocycles. The van der Waals surface area contributed by atoms with Crippen molar-refractivity contribution in [2.24, 2.45) is 0 Å². The third-order valence-corrected chi connectivity index (χ3v) is 7.30. The average Bonchev–Trinajstić information content (AvgIpc) is 3.16. The Balaban J connectivity index is 1.59. The zero-order valence-corrected chi connectivity index (χ0v) is 21.4. The van der Waals surface area contributed by atoms with Crippen LogP contribution in [0.5, 0.6) is 5.75 Å². The van der Waals surface area contributed by atoms with Gasteiger partial charge in [0.05, 0.1) is 7.11 Å². The third-order valence-electron chi connectivity index (χ3n) is 7.30. The summed E-state index contributed by atoms with van der Waals surface area (Å²) in [4.78, 5) is 19.1. The highest BCUT2D eigenvalue weighted by atomic mass is 19.1. The fraction of sp³-hybridized carbons (Fsp3) is 0.654. The van der Waals surface area contributed by atoms with E-state index in [9.17, 15) is 4.39 Å². The standard InChI is InChI=1S/C26H40FN7O/c1-4-33-16-10-13-21(33)18-28-24-30-25(29-19-14-15-23(35-3)22(27)17-19)32-26(31-24)34(5-2)20-11-8-6-7-9-12-20/h14-15,17,20-21H,4-13,16,18H2,1-3H3,(H2,28,29,30,31,32). The van der Waals surface area contributed by atoms with Gasteiger partial charge in [-0.1, -0.05) is 32.6 Å². The van der Waals surface area contributed by atoms with Crippen molar-refractivity contribution in [3.63, 3.8) is 0 Å². The summed E-state index contributed by atoms with van der Waals surface area (Å²) in [5.41, 5.74) is 0.567. The molecule has 1 aliphatic heterocycles. The van der Waals surface area contributed by atoms with Crippen LogP contribution < -0.4 is 20.3 Å². The molecule has 0 spiro atoms. The van der Waals surface area contributed by atoms with Gasteiger partial charge in [0.1, 0.15) is 0 Å². The van der Waals surface area contributed by atoms with Crippen molar-refractivity contribution < 1.29 is 9.13 Å². The molecule has 1 unspecified atom stereocenters. The van der Waals surface area contributed by atoms with Crippen molar-refractivity contribution in [1.82, 2.24) is 19.9 Å². The van der Waals surface area contributed by atoms with Crippen LogP contribution >= 0.6 is 0 Å². The van der Waals surface area contributed by atoms with Crippen LogP contribution in [0.1, 0.15) is 65.2 Å². The smallest absolute Gasteiger partial charge is 0.233 e. The summed E-state index contributed by atoms with van der Waals surface area (Å²) in [5.74, 6) is 1.41. The van der Waals surface area contributed by atoms with Crippen molar-refractivity contribution in [2.75, 3.05) is 48.8 Å². The van der Waals surface area contributed by atoms with Crippen LogP contribution in [-0.2, 0) is 0 Å². The van der Waals surface area contributed by atoms with Gasteiger partial charge in [-0.15, -0.1) is 0 Å². The molecule has 1 aromatic heterocycles. The summed E-state index contributed by atoms with van der Waals surface area (Å²) < 4.78 is 19.3. The molecule has 8 nitrogen and oxygen atoms in total. The van der Waals surface area contributed by atoms with Gasteiger partial charge in [0.15, 0.2) is 11.6 Å². The van der Waals surface area contributed by atoms with Gasteiger partial charge in [0, 0.05) is 36.9 Å². The fourth-order valence-corrected chi connectivity index (χ4v) is 5.39. The number of aromatic nitrogens is 3. The predicted octanol–water partition coefficient (Wildman–Crippen LogP) is 5.21. The highest BCUT2D eigenvalue weighted by Gasteiger charge is 2.25. The first-order chi connectivity index (χ1) is 17.1. The van der Waals surface area contributed by atoms with E-state index in [2.05, 4.69) is 39.3 Å². The van der Waals surface area contributed by atoms with E-state index in [0.29, 0.717) is 35.6 Å². The Kier molecular flexibility index (Phi) is 8.95. The second-order valence-corrected chi connectivity index (χ2v) is 9.49. The number of benzene rings is 1. The van der Waals surface area contributed by atoms with Gasteiger partial charge in [-0.2, -0.15) is 15.0 Å². The van der Waals surface area contributed by atoms with E-state index in [1.54, 1.807) is 12.1 Å². The first-order valence-corrected chi connectivity index (χ1v) is 13.2. The van der Waals surface area contributed by atoms with Crippen LogP contribution in [0.3, 0.4) is 0 Å². The second kappa shape index (κ2) is 12.3. The largest absolute Gasteiger partial charge is 0.494 e. The molecule has 2 heterocycles. The normalized spacial score (nSPS) is 19.4. The van der Waals surface area contributed by atoms with Crippen LogP contribution in [0.25, 0.3) is 0 Å². The Morgan fingerprint density at radius 1 is 1.03 bits per heavy atom. The quantitative estimate of drug-likeness (QED) is 0.444. The van der Waals surface area contributed by atoms with E-state index >= 15 is 0 Å². The molecule has 4 rings (SSSR count). The number of likely N-dealkylation sites (tertiary alicyclic amines) is 1. The molecule has 1 aliphatic carbocycles.